The standard InChI is InChI=1S/C29H32BrF2NO5/c1-25-8-7-19(35)10-20(25)21(31)11-22-26(2)12-16-14-33(18-6-4-5-17(30)9-18)38-29(16,24(37)15-34)27(26,3)13-23(36)28(22,25)32/h4-10,16,21-23,34,36H,11-15H2,1-3H3/t16-,21-,22-,23-,25-,26-,27-,28-,29-/m0/s1. The van der Waals surface area contributed by atoms with Crippen molar-refractivity contribution in [1.29, 1.82) is 0 Å². The first-order valence-corrected chi connectivity index (χ1v) is 13.9. The molecule has 6 nitrogen and oxygen atoms in total. The van der Waals surface area contributed by atoms with Gasteiger partial charge in [0.15, 0.2) is 22.8 Å². The summed E-state index contributed by atoms with van der Waals surface area (Å²) in [6.45, 7) is 4.83. The molecule has 0 spiro atoms. The highest BCUT2D eigenvalue weighted by Crippen LogP contribution is 2.77. The van der Waals surface area contributed by atoms with Crippen molar-refractivity contribution in [2.75, 3.05) is 18.2 Å². The normalized spacial score (nSPS) is 47.2. The van der Waals surface area contributed by atoms with Gasteiger partial charge in [-0.15, -0.1) is 0 Å². The second kappa shape index (κ2) is 8.05. The van der Waals surface area contributed by atoms with Crippen LogP contribution < -0.4 is 5.06 Å². The molecule has 204 valence electrons. The number of fused-ring (bicyclic) bond motifs is 7. The van der Waals surface area contributed by atoms with Crippen LogP contribution in [0.4, 0.5) is 14.5 Å². The van der Waals surface area contributed by atoms with E-state index in [4.69, 9.17) is 4.84 Å². The molecule has 0 radical (unpaired) electrons. The Morgan fingerprint density at radius 2 is 2.00 bits per heavy atom. The molecule has 0 amide bonds. The van der Waals surface area contributed by atoms with Crippen molar-refractivity contribution in [3.8, 4) is 0 Å². The van der Waals surface area contributed by atoms with Gasteiger partial charge in [-0.1, -0.05) is 41.9 Å². The van der Waals surface area contributed by atoms with Crippen molar-refractivity contribution in [3.63, 3.8) is 0 Å². The van der Waals surface area contributed by atoms with E-state index in [0.29, 0.717) is 13.0 Å². The van der Waals surface area contributed by atoms with Crippen LogP contribution in [0.1, 0.15) is 40.0 Å². The summed E-state index contributed by atoms with van der Waals surface area (Å²) >= 11 is 3.46. The highest BCUT2D eigenvalue weighted by molar-refractivity contribution is 9.10. The molecule has 9 heteroatoms. The maximum absolute atomic E-state index is 17.6. The molecule has 1 aromatic carbocycles. The highest BCUT2D eigenvalue weighted by Gasteiger charge is 2.83. The average Bonchev–Trinajstić information content (AvgIpc) is 3.33. The number of rotatable bonds is 3. The van der Waals surface area contributed by atoms with Gasteiger partial charge in [0.1, 0.15) is 12.8 Å². The minimum absolute atomic E-state index is 0.0615. The Morgan fingerprint density at radius 1 is 1.26 bits per heavy atom. The number of carbonyl (C=O) groups is 2. The fourth-order valence-electron chi connectivity index (χ4n) is 9.11. The van der Waals surface area contributed by atoms with Gasteiger partial charge in [-0.25, -0.2) is 8.78 Å². The Balaban J connectivity index is 1.49. The van der Waals surface area contributed by atoms with E-state index < -0.39 is 69.8 Å². The van der Waals surface area contributed by atoms with Crippen LogP contribution >= 0.6 is 15.9 Å². The summed E-state index contributed by atoms with van der Waals surface area (Å²) in [6, 6.07) is 7.44. The number of hydrogen-bond acceptors (Lipinski definition) is 6. The topological polar surface area (TPSA) is 87.1 Å². The SMILES string of the molecule is C[C@]12C[C@H](O)[C@@]3(F)[C@@H](C[C@H](F)C4=CC(=O)C=C[C@@]43C)[C@]1(C)C[C@H]1CN(c3cccc(Br)c3)O[C@]12C(=O)CO. The van der Waals surface area contributed by atoms with Crippen LogP contribution in [-0.2, 0) is 14.4 Å². The van der Waals surface area contributed by atoms with Crippen LogP contribution in [0.25, 0.3) is 0 Å². The minimum Gasteiger partial charge on any atom is -0.390 e. The van der Waals surface area contributed by atoms with Crippen LogP contribution in [0.3, 0.4) is 0 Å². The number of Topliss-reactive ketones (excluding diaryl/α,β-unsaturated/α-hetero) is 1. The van der Waals surface area contributed by atoms with E-state index in [9.17, 15) is 19.8 Å². The third kappa shape index (κ3) is 2.86. The fraction of sp³-hybridized carbons (Fsp3) is 0.586. The highest BCUT2D eigenvalue weighted by atomic mass is 79.9. The van der Waals surface area contributed by atoms with Gasteiger partial charge < -0.3 is 10.2 Å². The van der Waals surface area contributed by atoms with Crippen LogP contribution in [0.15, 0.2) is 52.5 Å². The summed E-state index contributed by atoms with van der Waals surface area (Å²) in [5, 5.41) is 23.4. The van der Waals surface area contributed by atoms with Gasteiger partial charge in [-0.3, -0.25) is 19.5 Å². The van der Waals surface area contributed by atoms with Gasteiger partial charge in [-0.05, 0) is 67.5 Å². The number of hydrogen-bond donors (Lipinski definition) is 2. The van der Waals surface area contributed by atoms with Gasteiger partial charge in [0.05, 0.1) is 18.3 Å². The lowest BCUT2D eigenvalue weighted by Gasteiger charge is -2.67. The first-order valence-electron chi connectivity index (χ1n) is 13.1. The Hall–Kier alpha value is -1.94. The van der Waals surface area contributed by atoms with Crippen molar-refractivity contribution >= 4 is 33.2 Å². The largest absolute Gasteiger partial charge is 0.390 e. The summed E-state index contributed by atoms with van der Waals surface area (Å²) in [5.41, 5.74) is -6.58. The number of aliphatic hydroxyl groups is 2. The fourth-order valence-corrected chi connectivity index (χ4v) is 9.49. The molecule has 0 aromatic heterocycles. The van der Waals surface area contributed by atoms with E-state index in [1.54, 1.807) is 12.0 Å². The summed E-state index contributed by atoms with van der Waals surface area (Å²) in [4.78, 5) is 32.3. The number of allylic oxidation sites excluding steroid dienone is 4. The number of nitrogens with zero attached hydrogens (tertiary/aromatic N) is 1. The number of ketones is 2. The number of alkyl halides is 2. The molecule has 4 aliphatic carbocycles. The van der Waals surface area contributed by atoms with Gasteiger partial charge in [0.25, 0.3) is 0 Å². The zero-order chi connectivity index (χ0) is 27.5. The predicted octanol–water partition coefficient (Wildman–Crippen LogP) is 4.44. The molecule has 1 aromatic rings. The summed E-state index contributed by atoms with van der Waals surface area (Å²) in [6.07, 6.45) is 0.724. The van der Waals surface area contributed by atoms with Gasteiger partial charge >= 0.3 is 0 Å². The molecule has 5 aliphatic rings. The van der Waals surface area contributed by atoms with E-state index in [0.717, 1.165) is 10.2 Å². The third-order valence-corrected chi connectivity index (χ3v) is 11.5. The molecule has 38 heavy (non-hydrogen) atoms. The van der Waals surface area contributed by atoms with Gasteiger partial charge in [-0.2, -0.15) is 0 Å². The van der Waals surface area contributed by atoms with Crippen molar-refractivity contribution in [3.05, 3.63) is 52.5 Å². The van der Waals surface area contributed by atoms with Gasteiger partial charge in [0, 0.05) is 27.1 Å². The summed E-state index contributed by atoms with van der Waals surface area (Å²) in [7, 11) is 0. The Labute approximate surface area is 228 Å². The lowest BCUT2D eigenvalue weighted by atomic mass is 9.39. The molecule has 9 atom stereocenters. The van der Waals surface area contributed by atoms with Crippen molar-refractivity contribution in [2.24, 2.45) is 28.1 Å². The number of anilines is 1. The number of benzene rings is 1. The van der Waals surface area contributed by atoms with E-state index in [2.05, 4.69) is 15.9 Å². The van der Waals surface area contributed by atoms with Crippen LogP contribution in [0.2, 0.25) is 0 Å². The number of halogens is 3. The average molecular weight is 592 g/mol. The molecule has 0 unspecified atom stereocenters. The van der Waals surface area contributed by atoms with Crippen LogP contribution in [0.5, 0.6) is 0 Å². The number of hydroxylamine groups is 1. The number of aliphatic hydroxyl groups excluding tert-OH is 2. The second-order valence-electron chi connectivity index (χ2n) is 12.4. The van der Waals surface area contributed by atoms with E-state index in [1.165, 1.54) is 18.2 Å². The molecule has 1 saturated heterocycles. The monoisotopic (exact) mass is 591 g/mol. The molecule has 3 saturated carbocycles. The first kappa shape index (κ1) is 26.3. The zero-order valence-corrected chi connectivity index (χ0v) is 23.2. The van der Waals surface area contributed by atoms with E-state index in [-0.39, 0.29) is 18.4 Å². The first-order chi connectivity index (χ1) is 17.8. The molecule has 6 rings (SSSR count). The lowest BCUT2D eigenvalue weighted by molar-refractivity contribution is -0.256. The third-order valence-electron chi connectivity index (χ3n) is 11.0. The maximum atomic E-state index is 17.6. The van der Waals surface area contributed by atoms with E-state index in [1.807, 2.05) is 38.1 Å². The quantitative estimate of drug-likeness (QED) is 0.540. The maximum Gasteiger partial charge on any atom is 0.193 e. The molecule has 4 fully saturated rings. The van der Waals surface area contributed by atoms with Crippen molar-refractivity contribution in [1.82, 2.24) is 0 Å². The van der Waals surface area contributed by atoms with Gasteiger partial charge in [0.2, 0.25) is 0 Å². The summed E-state index contributed by atoms with van der Waals surface area (Å²) in [5.74, 6) is -2.30. The van der Waals surface area contributed by atoms with Crippen molar-refractivity contribution < 1.29 is 33.4 Å². The molecule has 1 aliphatic heterocycles. The molecule has 1 heterocycles. The molecular formula is C29H32BrF2NO5. The van der Waals surface area contributed by atoms with Crippen LogP contribution in [-0.4, -0.2) is 58.5 Å². The molecule has 0 bridgehead atoms. The minimum atomic E-state index is -2.26. The van der Waals surface area contributed by atoms with Crippen molar-refractivity contribution in [2.45, 2.75) is 63.6 Å². The lowest BCUT2D eigenvalue weighted by Crippen LogP contribution is -2.73. The Morgan fingerprint density at radius 3 is 2.68 bits per heavy atom. The predicted molar refractivity (Wildman–Crippen MR) is 140 cm³/mol. The van der Waals surface area contributed by atoms with Crippen LogP contribution in [0, 0.1) is 28.1 Å². The Kier molecular flexibility index (Phi) is 5.57. The molecule has 2 N–H and O–H groups in total. The Bertz CT molecular complexity index is 1300. The summed E-state index contributed by atoms with van der Waals surface area (Å²) < 4.78 is 34.3. The molecular weight excluding hydrogens is 560 g/mol. The second-order valence-corrected chi connectivity index (χ2v) is 13.3. The van der Waals surface area contributed by atoms with E-state index >= 15 is 8.78 Å². The smallest absolute Gasteiger partial charge is 0.193 e. The number of carbonyl (C=O) groups excluding carboxylic acids is 2. The zero-order valence-electron chi connectivity index (χ0n) is 21.6.